The maximum Gasteiger partial charge on any atom is 0.392 e. The molecular weight excluding hydrogens is 170 g/mol. The average molecular weight is 181 g/mol. The predicted octanol–water partition coefficient (Wildman–Crippen LogP) is 1.95. The number of carboxylic acids is 1. The number of rotatable bonds is 2. The second kappa shape index (κ2) is 2.87. The Balaban J connectivity index is 2.29. The second-order valence-electron chi connectivity index (χ2n) is 3.39. The van der Waals surface area contributed by atoms with Crippen LogP contribution in [0.25, 0.3) is 0 Å². The monoisotopic (exact) mass is 181 g/mol. The van der Waals surface area contributed by atoms with E-state index in [0.717, 1.165) is 18.5 Å². The summed E-state index contributed by atoms with van der Waals surface area (Å²) in [4.78, 5) is 14.5. The van der Waals surface area contributed by atoms with Crippen LogP contribution in [0.4, 0.5) is 0 Å². The van der Waals surface area contributed by atoms with E-state index in [1.807, 2.05) is 0 Å². The molecule has 0 saturated heterocycles. The number of carbonyl (C=O) groups is 1. The van der Waals surface area contributed by atoms with Gasteiger partial charge in [-0.2, -0.15) is 0 Å². The Hall–Kier alpha value is -1.32. The quantitative estimate of drug-likeness (QED) is 0.757. The van der Waals surface area contributed by atoms with Crippen molar-refractivity contribution in [1.29, 1.82) is 0 Å². The fourth-order valence-corrected chi connectivity index (χ4v) is 1.56. The van der Waals surface area contributed by atoms with E-state index >= 15 is 0 Å². The summed E-state index contributed by atoms with van der Waals surface area (Å²) in [5.41, 5.74) is 0.837. The first kappa shape index (κ1) is 8.29. The first-order valence-electron chi connectivity index (χ1n) is 4.39. The zero-order valence-electron chi connectivity index (χ0n) is 7.41. The summed E-state index contributed by atoms with van der Waals surface area (Å²) in [6, 6.07) is 0. The number of aromatic carboxylic acids is 1. The normalized spacial score (nSPS) is 17.0. The van der Waals surface area contributed by atoms with Crippen LogP contribution < -0.4 is 0 Å². The summed E-state index contributed by atoms with van der Waals surface area (Å²) < 4.78 is 5.02. The van der Waals surface area contributed by atoms with Crippen LogP contribution in [-0.4, -0.2) is 16.1 Å². The highest BCUT2D eigenvalue weighted by Crippen LogP contribution is 2.37. The van der Waals surface area contributed by atoms with Gasteiger partial charge in [0.05, 0.1) is 5.69 Å². The second-order valence-corrected chi connectivity index (χ2v) is 3.39. The molecule has 2 rings (SSSR count). The minimum Gasteiger partial charge on any atom is -0.474 e. The molecule has 0 aliphatic heterocycles. The minimum atomic E-state index is -1.09. The van der Waals surface area contributed by atoms with Crippen molar-refractivity contribution in [3.05, 3.63) is 17.3 Å². The lowest BCUT2D eigenvalue weighted by Crippen LogP contribution is -2.10. The van der Waals surface area contributed by atoms with Gasteiger partial charge in [-0.3, -0.25) is 0 Å². The molecule has 1 saturated carbocycles. The molecule has 0 bridgehead atoms. The molecule has 4 heteroatoms. The van der Waals surface area contributed by atoms with Crippen LogP contribution in [0.15, 0.2) is 4.42 Å². The van der Waals surface area contributed by atoms with Gasteiger partial charge in [0.25, 0.3) is 0 Å². The van der Waals surface area contributed by atoms with Crippen LogP contribution in [0.2, 0.25) is 0 Å². The van der Waals surface area contributed by atoms with E-state index < -0.39 is 5.97 Å². The maximum absolute atomic E-state index is 10.5. The lowest BCUT2D eigenvalue weighted by molar-refractivity contribution is 0.0652. The van der Waals surface area contributed by atoms with E-state index in [2.05, 4.69) is 4.98 Å². The Morgan fingerprint density at radius 2 is 2.31 bits per heavy atom. The third-order valence-corrected chi connectivity index (χ3v) is 2.51. The SMILES string of the molecule is Cc1oc(C(=O)O)nc1C1CCC1. The Kier molecular flexibility index (Phi) is 1.83. The number of nitrogens with zero attached hydrogens (tertiary/aromatic N) is 1. The van der Waals surface area contributed by atoms with Gasteiger partial charge in [-0.1, -0.05) is 6.42 Å². The largest absolute Gasteiger partial charge is 0.474 e. The van der Waals surface area contributed by atoms with E-state index in [1.54, 1.807) is 6.92 Å². The molecule has 0 aromatic carbocycles. The van der Waals surface area contributed by atoms with Gasteiger partial charge in [-0.25, -0.2) is 9.78 Å². The topological polar surface area (TPSA) is 63.3 Å². The molecule has 0 atom stereocenters. The van der Waals surface area contributed by atoms with Crippen molar-refractivity contribution in [3.8, 4) is 0 Å². The van der Waals surface area contributed by atoms with Crippen LogP contribution in [0.3, 0.4) is 0 Å². The van der Waals surface area contributed by atoms with Crippen LogP contribution in [0.5, 0.6) is 0 Å². The van der Waals surface area contributed by atoms with E-state index in [-0.39, 0.29) is 5.89 Å². The smallest absolute Gasteiger partial charge is 0.392 e. The van der Waals surface area contributed by atoms with Crippen LogP contribution in [-0.2, 0) is 0 Å². The van der Waals surface area contributed by atoms with Gasteiger partial charge in [0.15, 0.2) is 0 Å². The molecule has 1 aliphatic carbocycles. The fourth-order valence-electron chi connectivity index (χ4n) is 1.56. The summed E-state index contributed by atoms with van der Waals surface area (Å²) in [6.45, 7) is 1.77. The number of hydrogen-bond acceptors (Lipinski definition) is 3. The number of carboxylic acid groups (broad SMARTS) is 1. The summed E-state index contributed by atoms with van der Waals surface area (Å²) in [5.74, 6) is -0.188. The van der Waals surface area contributed by atoms with Gasteiger partial charge < -0.3 is 9.52 Å². The number of hydrogen-bond donors (Lipinski definition) is 1. The first-order valence-corrected chi connectivity index (χ1v) is 4.39. The van der Waals surface area contributed by atoms with Gasteiger partial charge in [-0.15, -0.1) is 0 Å². The standard InChI is InChI=1S/C9H11NO3/c1-5-7(6-3-2-4-6)10-8(13-5)9(11)12/h6H,2-4H2,1H3,(H,11,12). The highest BCUT2D eigenvalue weighted by molar-refractivity contribution is 5.82. The number of oxazole rings is 1. The van der Waals surface area contributed by atoms with E-state index in [1.165, 1.54) is 6.42 Å². The van der Waals surface area contributed by atoms with Crippen molar-refractivity contribution in [2.75, 3.05) is 0 Å². The van der Waals surface area contributed by atoms with Gasteiger partial charge in [0, 0.05) is 5.92 Å². The van der Waals surface area contributed by atoms with Crippen molar-refractivity contribution < 1.29 is 14.3 Å². The molecular formula is C9H11NO3. The summed E-state index contributed by atoms with van der Waals surface area (Å²) in [6.07, 6.45) is 3.41. The summed E-state index contributed by atoms with van der Waals surface area (Å²) in [7, 11) is 0. The molecule has 0 amide bonds. The highest BCUT2D eigenvalue weighted by atomic mass is 16.4. The zero-order chi connectivity index (χ0) is 9.42. The van der Waals surface area contributed by atoms with Gasteiger partial charge in [0.1, 0.15) is 5.76 Å². The van der Waals surface area contributed by atoms with Crippen molar-refractivity contribution >= 4 is 5.97 Å². The Morgan fingerprint density at radius 1 is 1.62 bits per heavy atom. The molecule has 70 valence electrons. The fraction of sp³-hybridized carbons (Fsp3) is 0.556. The van der Waals surface area contributed by atoms with Crippen molar-refractivity contribution in [2.24, 2.45) is 0 Å². The average Bonchev–Trinajstić information content (AvgIpc) is 2.29. The third kappa shape index (κ3) is 1.32. The van der Waals surface area contributed by atoms with Gasteiger partial charge >= 0.3 is 11.9 Å². The lowest BCUT2D eigenvalue weighted by Gasteiger charge is -2.23. The summed E-state index contributed by atoms with van der Waals surface area (Å²) in [5, 5.41) is 8.64. The Bertz CT molecular complexity index is 339. The van der Waals surface area contributed by atoms with Crippen LogP contribution in [0, 0.1) is 6.92 Å². The van der Waals surface area contributed by atoms with E-state index in [4.69, 9.17) is 9.52 Å². The molecule has 0 radical (unpaired) electrons. The molecule has 4 nitrogen and oxygen atoms in total. The Morgan fingerprint density at radius 3 is 2.69 bits per heavy atom. The predicted molar refractivity (Wildman–Crippen MR) is 44.8 cm³/mol. The number of aryl methyl sites for hydroxylation is 1. The van der Waals surface area contributed by atoms with Crippen LogP contribution in [0.1, 0.15) is 47.3 Å². The van der Waals surface area contributed by atoms with Crippen molar-refractivity contribution in [3.63, 3.8) is 0 Å². The third-order valence-electron chi connectivity index (χ3n) is 2.51. The molecule has 1 aromatic heterocycles. The summed E-state index contributed by atoms with van der Waals surface area (Å²) >= 11 is 0. The molecule has 1 aromatic rings. The molecule has 0 unspecified atom stereocenters. The molecule has 1 aliphatic rings. The zero-order valence-corrected chi connectivity index (χ0v) is 7.41. The number of aromatic nitrogens is 1. The molecule has 0 spiro atoms. The van der Waals surface area contributed by atoms with E-state index in [0.29, 0.717) is 11.7 Å². The van der Waals surface area contributed by atoms with E-state index in [9.17, 15) is 4.79 Å². The molecule has 1 N–H and O–H groups in total. The minimum absolute atomic E-state index is 0.181. The molecule has 13 heavy (non-hydrogen) atoms. The van der Waals surface area contributed by atoms with Crippen LogP contribution >= 0.6 is 0 Å². The Labute approximate surface area is 75.6 Å². The molecule has 1 fully saturated rings. The first-order chi connectivity index (χ1) is 6.18. The van der Waals surface area contributed by atoms with Crippen molar-refractivity contribution in [1.82, 2.24) is 4.98 Å². The lowest BCUT2D eigenvalue weighted by atomic mass is 9.82. The maximum atomic E-state index is 10.5. The highest BCUT2D eigenvalue weighted by Gasteiger charge is 2.26. The van der Waals surface area contributed by atoms with Gasteiger partial charge in [-0.05, 0) is 19.8 Å². The van der Waals surface area contributed by atoms with Gasteiger partial charge in [0.2, 0.25) is 0 Å². The molecule has 1 heterocycles. The van der Waals surface area contributed by atoms with Crippen molar-refractivity contribution in [2.45, 2.75) is 32.1 Å².